The van der Waals surface area contributed by atoms with E-state index >= 15 is 0 Å². The molecule has 0 unspecified atom stereocenters. The zero-order valence-electron chi connectivity index (χ0n) is 19.4. The number of aryl methyl sites for hydroxylation is 1. The van der Waals surface area contributed by atoms with Crippen molar-refractivity contribution < 1.29 is 17.9 Å². The van der Waals surface area contributed by atoms with Gasteiger partial charge in [-0.1, -0.05) is 12.1 Å². The Kier molecular flexibility index (Phi) is 7.04. The molecule has 2 aliphatic rings. The number of carbonyl (C=O) groups is 1. The molecule has 2 aromatic rings. The molecule has 0 bridgehead atoms. The van der Waals surface area contributed by atoms with Gasteiger partial charge in [-0.3, -0.25) is 9.69 Å². The standard InChI is InChI=1S/C24H32N4O4S/c1-17-14-21(26-18(2)29)5-7-24(17)33(30,31)25-16-23(28-10-12-32-13-11-28)19-4-6-22-20(15-19)8-9-27(22)3/h4-7,14-15,23,25H,8-13,16H2,1-3H3,(H,26,29)/t23-/m0/s1. The smallest absolute Gasteiger partial charge is 0.240 e. The number of hydrogen-bond donors (Lipinski definition) is 2. The molecule has 0 saturated carbocycles. The number of carbonyl (C=O) groups excluding carboxylic acids is 1. The Bertz CT molecular complexity index is 1130. The first-order valence-corrected chi connectivity index (χ1v) is 12.8. The fourth-order valence-electron chi connectivity index (χ4n) is 4.64. The summed E-state index contributed by atoms with van der Waals surface area (Å²) in [5.41, 5.74) is 4.83. The summed E-state index contributed by atoms with van der Waals surface area (Å²) in [6.45, 7) is 7.22. The van der Waals surface area contributed by atoms with Crippen molar-refractivity contribution >= 4 is 27.3 Å². The minimum Gasteiger partial charge on any atom is -0.379 e. The minimum absolute atomic E-state index is 0.0844. The number of sulfonamides is 1. The molecule has 1 atom stereocenters. The molecule has 8 nitrogen and oxygen atoms in total. The van der Waals surface area contributed by atoms with Crippen LogP contribution in [0.15, 0.2) is 41.3 Å². The lowest BCUT2D eigenvalue weighted by Gasteiger charge is -2.35. The number of likely N-dealkylation sites (N-methyl/N-ethyl adjacent to an activating group) is 1. The summed E-state index contributed by atoms with van der Waals surface area (Å²) in [6.07, 6.45) is 1.00. The molecule has 2 aromatic carbocycles. The van der Waals surface area contributed by atoms with Crippen LogP contribution in [0.1, 0.15) is 29.7 Å². The van der Waals surface area contributed by atoms with Crippen LogP contribution >= 0.6 is 0 Å². The third-order valence-electron chi connectivity index (χ3n) is 6.35. The van der Waals surface area contributed by atoms with Gasteiger partial charge in [0.05, 0.1) is 18.1 Å². The zero-order chi connectivity index (χ0) is 23.6. The first kappa shape index (κ1) is 23.7. The number of ether oxygens (including phenoxy) is 1. The Balaban J connectivity index is 1.56. The van der Waals surface area contributed by atoms with Crippen LogP contribution in [0.3, 0.4) is 0 Å². The van der Waals surface area contributed by atoms with Crippen molar-refractivity contribution in [3.63, 3.8) is 0 Å². The van der Waals surface area contributed by atoms with E-state index in [0.717, 1.165) is 31.6 Å². The number of hydrogen-bond acceptors (Lipinski definition) is 6. The number of benzene rings is 2. The number of nitrogens with zero attached hydrogens (tertiary/aromatic N) is 2. The summed E-state index contributed by atoms with van der Waals surface area (Å²) < 4.78 is 34.7. The molecule has 0 spiro atoms. The maximum atomic E-state index is 13.2. The quantitative estimate of drug-likeness (QED) is 0.643. The van der Waals surface area contributed by atoms with Crippen molar-refractivity contribution in [3.8, 4) is 0 Å². The monoisotopic (exact) mass is 472 g/mol. The number of rotatable bonds is 7. The highest BCUT2D eigenvalue weighted by Crippen LogP contribution is 2.31. The van der Waals surface area contributed by atoms with Crippen LogP contribution in [0.5, 0.6) is 0 Å². The lowest BCUT2D eigenvalue weighted by molar-refractivity contribution is -0.114. The van der Waals surface area contributed by atoms with Gasteiger partial charge in [0.15, 0.2) is 0 Å². The molecule has 2 heterocycles. The van der Waals surface area contributed by atoms with Gasteiger partial charge in [0.1, 0.15) is 0 Å². The van der Waals surface area contributed by atoms with Crippen molar-refractivity contribution in [2.45, 2.75) is 31.2 Å². The molecule has 33 heavy (non-hydrogen) atoms. The molecule has 2 aliphatic heterocycles. The van der Waals surface area contributed by atoms with Gasteiger partial charge in [0, 0.05) is 57.6 Å². The average molecular weight is 473 g/mol. The van der Waals surface area contributed by atoms with E-state index in [4.69, 9.17) is 4.74 Å². The average Bonchev–Trinajstić information content (AvgIpc) is 3.14. The highest BCUT2D eigenvalue weighted by Gasteiger charge is 2.27. The van der Waals surface area contributed by atoms with E-state index in [9.17, 15) is 13.2 Å². The topological polar surface area (TPSA) is 91.0 Å². The Labute approximate surface area is 196 Å². The van der Waals surface area contributed by atoms with E-state index in [0.29, 0.717) is 24.5 Å². The Morgan fingerprint density at radius 1 is 1.12 bits per heavy atom. The van der Waals surface area contributed by atoms with Crippen LogP contribution in [0.25, 0.3) is 0 Å². The molecule has 0 radical (unpaired) electrons. The maximum Gasteiger partial charge on any atom is 0.240 e. The fourth-order valence-corrected chi connectivity index (χ4v) is 5.90. The van der Waals surface area contributed by atoms with Gasteiger partial charge in [-0.25, -0.2) is 13.1 Å². The molecule has 1 saturated heterocycles. The molecular weight excluding hydrogens is 440 g/mol. The van der Waals surface area contributed by atoms with E-state index in [1.54, 1.807) is 19.1 Å². The second-order valence-electron chi connectivity index (χ2n) is 8.74. The largest absolute Gasteiger partial charge is 0.379 e. The van der Waals surface area contributed by atoms with E-state index in [1.165, 1.54) is 24.2 Å². The number of morpholine rings is 1. The molecule has 9 heteroatoms. The van der Waals surface area contributed by atoms with Gasteiger partial charge in [-0.15, -0.1) is 0 Å². The molecule has 2 N–H and O–H groups in total. The first-order chi connectivity index (χ1) is 15.7. The van der Waals surface area contributed by atoms with E-state index in [1.807, 2.05) is 0 Å². The van der Waals surface area contributed by atoms with Crippen molar-refractivity contribution in [2.24, 2.45) is 0 Å². The summed E-state index contributed by atoms with van der Waals surface area (Å²) in [5.74, 6) is -0.197. The molecule has 4 rings (SSSR count). The Morgan fingerprint density at radius 2 is 1.88 bits per heavy atom. The van der Waals surface area contributed by atoms with Gasteiger partial charge in [-0.2, -0.15) is 0 Å². The highest BCUT2D eigenvalue weighted by atomic mass is 32.2. The first-order valence-electron chi connectivity index (χ1n) is 11.3. The van der Waals surface area contributed by atoms with Gasteiger partial charge >= 0.3 is 0 Å². The van der Waals surface area contributed by atoms with Crippen LogP contribution in [0.2, 0.25) is 0 Å². The minimum atomic E-state index is -3.73. The lowest BCUT2D eigenvalue weighted by atomic mass is 10.0. The van der Waals surface area contributed by atoms with Crippen molar-refractivity contribution in [1.29, 1.82) is 0 Å². The van der Waals surface area contributed by atoms with Gasteiger partial charge in [0.25, 0.3) is 0 Å². The van der Waals surface area contributed by atoms with Crippen LogP contribution in [0.4, 0.5) is 11.4 Å². The molecule has 1 amide bonds. The number of anilines is 2. The predicted molar refractivity (Wildman–Crippen MR) is 129 cm³/mol. The lowest BCUT2D eigenvalue weighted by Crippen LogP contribution is -2.43. The van der Waals surface area contributed by atoms with Gasteiger partial charge < -0.3 is 15.0 Å². The number of amides is 1. The third-order valence-corrected chi connectivity index (χ3v) is 7.94. The van der Waals surface area contributed by atoms with Crippen LogP contribution in [0, 0.1) is 6.92 Å². The predicted octanol–water partition coefficient (Wildman–Crippen LogP) is 2.30. The summed E-state index contributed by atoms with van der Waals surface area (Å²) in [7, 11) is -1.63. The Morgan fingerprint density at radius 3 is 2.58 bits per heavy atom. The molecule has 178 valence electrons. The molecule has 0 aromatic heterocycles. The van der Waals surface area contributed by atoms with Crippen LogP contribution < -0.4 is 14.9 Å². The van der Waals surface area contributed by atoms with E-state index < -0.39 is 10.0 Å². The van der Waals surface area contributed by atoms with Crippen LogP contribution in [-0.4, -0.2) is 65.7 Å². The Hall–Kier alpha value is -2.46. The molecule has 1 fully saturated rings. The number of nitrogens with one attached hydrogen (secondary N) is 2. The van der Waals surface area contributed by atoms with Crippen molar-refractivity contribution in [1.82, 2.24) is 9.62 Å². The second-order valence-corrected chi connectivity index (χ2v) is 10.5. The normalized spacial score (nSPS) is 17.6. The number of fused-ring (bicyclic) bond motifs is 1. The summed E-state index contributed by atoms with van der Waals surface area (Å²) >= 11 is 0. The molecular formula is C24H32N4O4S. The third kappa shape index (κ3) is 5.38. The van der Waals surface area contributed by atoms with Crippen molar-refractivity contribution in [2.75, 3.05) is 56.7 Å². The zero-order valence-corrected chi connectivity index (χ0v) is 20.2. The highest BCUT2D eigenvalue weighted by molar-refractivity contribution is 7.89. The second kappa shape index (κ2) is 9.80. The fraction of sp³-hybridized carbons (Fsp3) is 0.458. The van der Waals surface area contributed by atoms with Gasteiger partial charge in [-0.05, 0) is 54.3 Å². The van der Waals surface area contributed by atoms with Crippen LogP contribution in [-0.2, 0) is 26.0 Å². The molecule has 0 aliphatic carbocycles. The summed E-state index contributed by atoms with van der Waals surface area (Å²) in [6, 6.07) is 11.2. The van der Waals surface area contributed by atoms with Gasteiger partial charge in [0.2, 0.25) is 15.9 Å². The van der Waals surface area contributed by atoms with E-state index in [-0.39, 0.29) is 23.4 Å². The van der Waals surface area contributed by atoms with Crippen molar-refractivity contribution in [3.05, 3.63) is 53.1 Å². The maximum absolute atomic E-state index is 13.2. The SMILES string of the molecule is CC(=O)Nc1ccc(S(=O)(=O)NC[C@@H](c2ccc3c(c2)CCN3C)N2CCOCC2)c(C)c1. The van der Waals surface area contributed by atoms with E-state index in [2.05, 4.69) is 45.1 Å². The summed E-state index contributed by atoms with van der Waals surface area (Å²) in [4.78, 5) is 16.1. The summed E-state index contributed by atoms with van der Waals surface area (Å²) in [5, 5.41) is 2.69.